The number of para-hydroxylation sites is 1. The molecule has 0 amide bonds. The highest BCUT2D eigenvalue weighted by atomic mass is 16.5. The number of hydrogen-bond donors (Lipinski definition) is 0. The fraction of sp³-hybridized carbons (Fsp3) is 0.500. The maximum Gasteiger partial charge on any atom is 0.135 e. The SMILES string of the molecule is CCC(=O)C(C)CC1COc2ccccc21. The highest BCUT2D eigenvalue weighted by Crippen LogP contribution is 2.37. The minimum Gasteiger partial charge on any atom is -0.493 e. The molecule has 16 heavy (non-hydrogen) atoms. The summed E-state index contributed by atoms with van der Waals surface area (Å²) in [6, 6.07) is 8.13. The number of ketones is 1. The van der Waals surface area contributed by atoms with Crippen LogP contribution in [0.5, 0.6) is 5.75 Å². The summed E-state index contributed by atoms with van der Waals surface area (Å²) in [5.74, 6) is 1.87. The third-order valence-electron chi connectivity index (χ3n) is 3.34. The van der Waals surface area contributed by atoms with Gasteiger partial charge in [-0.15, -0.1) is 0 Å². The normalized spacial score (nSPS) is 20.0. The Kier molecular flexibility index (Phi) is 3.28. The van der Waals surface area contributed by atoms with Crippen molar-refractivity contribution in [2.75, 3.05) is 6.61 Å². The standard InChI is InChI=1S/C14H18O2/c1-3-13(15)10(2)8-11-9-16-14-7-5-4-6-12(11)14/h4-7,10-11H,3,8-9H2,1-2H3. The van der Waals surface area contributed by atoms with Gasteiger partial charge < -0.3 is 4.74 Å². The molecule has 0 fully saturated rings. The van der Waals surface area contributed by atoms with E-state index >= 15 is 0 Å². The van der Waals surface area contributed by atoms with Gasteiger partial charge >= 0.3 is 0 Å². The lowest BCUT2D eigenvalue weighted by Crippen LogP contribution is -2.14. The monoisotopic (exact) mass is 218 g/mol. The molecule has 0 saturated heterocycles. The molecule has 1 aliphatic rings. The van der Waals surface area contributed by atoms with Crippen molar-refractivity contribution in [2.24, 2.45) is 5.92 Å². The molecule has 1 aromatic rings. The van der Waals surface area contributed by atoms with Crippen LogP contribution in [-0.2, 0) is 4.79 Å². The first-order valence-electron chi connectivity index (χ1n) is 5.96. The third-order valence-corrected chi connectivity index (χ3v) is 3.34. The van der Waals surface area contributed by atoms with E-state index in [0.717, 1.165) is 18.8 Å². The second-order valence-electron chi connectivity index (χ2n) is 4.50. The van der Waals surface area contributed by atoms with E-state index in [9.17, 15) is 4.79 Å². The Morgan fingerprint density at radius 3 is 3.00 bits per heavy atom. The molecule has 1 heterocycles. The van der Waals surface area contributed by atoms with E-state index in [1.807, 2.05) is 32.0 Å². The molecule has 0 spiro atoms. The minimum atomic E-state index is 0.143. The van der Waals surface area contributed by atoms with Crippen LogP contribution in [0.15, 0.2) is 24.3 Å². The summed E-state index contributed by atoms with van der Waals surface area (Å²) in [6.45, 7) is 4.67. The van der Waals surface area contributed by atoms with Crippen LogP contribution in [0.1, 0.15) is 38.2 Å². The molecule has 0 radical (unpaired) electrons. The van der Waals surface area contributed by atoms with Crippen molar-refractivity contribution in [3.63, 3.8) is 0 Å². The topological polar surface area (TPSA) is 26.3 Å². The number of benzene rings is 1. The number of carbonyl (C=O) groups excluding carboxylic acids is 1. The quantitative estimate of drug-likeness (QED) is 0.776. The van der Waals surface area contributed by atoms with E-state index in [-0.39, 0.29) is 5.92 Å². The van der Waals surface area contributed by atoms with E-state index in [1.54, 1.807) is 0 Å². The molecule has 0 saturated carbocycles. The predicted octanol–water partition coefficient (Wildman–Crippen LogP) is 3.17. The smallest absolute Gasteiger partial charge is 0.135 e. The zero-order valence-electron chi connectivity index (χ0n) is 9.90. The van der Waals surface area contributed by atoms with Crippen molar-refractivity contribution >= 4 is 5.78 Å². The van der Waals surface area contributed by atoms with Crippen molar-refractivity contribution in [3.05, 3.63) is 29.8 Å². The molecule has 2 rings (SSSR count). The van der Waals surface area contributed by atoms with Crippen molar-refractivity contribution in [2.45, 2.75) is 32.6 Å². The Labute approximate surface area is 96.6 Å². The molecule has 0 aromatic heterocycles. The fourth-order valence-corrected chi connectivity index (χ4v) is 2.33. The van der Waals surface area contributed by atoms with Gasteiger partial charge in [0.15, 0.2) is 0 Å². The van der Waals surface area contributed by atoms with Gasteiger partial charge in [0.05, 0.1) is 6.61 Å². The van der Waals surface area contributed by atoms with E-state index < -0.39 is 0 Å². The van der Waals surface area contributed by atoms with Gasteiger partial charge in [0.25, 0.3) is 0 Å². The molecule has 1 aromatic carbocycles. The van der Waals surface area contributed by atoms with Crippen molar-refractivity contribution in [3.8, 4) is 5.75 Å². The van der Waals surface area contributed by atoms with Gasteiger partial charge in [-0.1, -0.05) is 32.0 Å². The van der Waals surface area contributed by atoms with Gasteiger partial charge in [-0.05, 0) is 12.5 Å². The Bertz CT molecular complexity index is 384. The van der Waals surface area contributed by atoms with Gasteiger partial charge in [0.2, 0.25) is 0 Å². The van der Waals surface area contributed by atoms with E-state index in [2.05, 4.69) is 6.07 Å². The highest BCUT2D eigenvalue weighted by Gasteiger charge is 2.26. The van der Waals surface area contributed by atoms with Crippen molar-refractivity contribution in [1.82, 2.24) is 0 Å². The summed E-state index contributed by atoms with van der Waals surface area (Å²) < 4.78 is 5.61. The van der Waals surface area contributed by atoms with Crippen LogP contribution in [0.2, 0.25) is 0 Å². The van der Waals surface area contributed by atoms with Crippen molar-refractivity contribution in [1.29, 1.82) is 0 Å². The average Bonchev–Trinajstić information content (AvgIpc) is 2.72. The molecule has 2 heteroatoms. The van der Waals surface area contributed by atoms with Gasteiger partial charge in [-0.3, -0.25) is 4.79 Å². The summed E-state index contributed by atoms with van der Waals surface area (Å²) in [5, 5.41) is 0. The van der Waals surface area contributed by atoms with Crippen LogP contribution in [-0.4, -0.2) is 12.4 Å². The molecule has 0 aliphatic carbocycles. The number of rotatable bonds is 4. The van der Waals surface area contributed by atoms with E-state index in [0.29, 0.717) is 18.1 Å². The second kappa shape index (κ2) is 4.69. The number of carbonyl (C=O) groups is 1. The van der Waals surface area contributed by atoms with Crippen LogP contribution >= 0.6 is 0 Å². The summed E-state index contributed by atoms with van der Waals surface area (Å²) in [7, 11) is 0. The Hall–Kier alpha value is -1.31. The van der Waals surface area contributed by atoms with Crippen LogP contribution in [0, 0.1) is 5.92 Å². The van der Waals surface area contributed by atoms with Crippen molar-refractivity contribution < 1.29 is 9.53 Å². The average molecular weight is 218 g/mol. The first kappa shape index (κ1) is 11.2. The lowest BCUT2D eigenvalue weighted by Gasteiger charge is -2.13. The second-order valence-corrected chi connectivity index (χ2v) is 4.50. The zero-order chi connectivity index (χ0) is 11.5. The van der Waals surface area contributed by atoms with Gasteiger partial charge in [0, 0.05) is 23.8 Å². The van der Waals surface area contributed by atoms with Crippen LogP contribution in [0.3, 0.4) is 0 Å². The zero-order valence-corrected chi connectivity index (χ0v) is 9.90. The molecular weight excluding hydrogens is 200 g/mol. The molecule has 0 N–H and O–H groups in total. The minimum absolute atomic E-state index is 0.143. The van der Waals surface area contributed by atoms with Crippen LogP contribution in [0.25, 0.3) is 0 Å². The molecule has 2 unspecified atom stereocenters. The molecular formula is C14H18O2. The first-order valence-corrected chi connectivity index (χ1v) is 5.96. The lowest BCUT2D eigenvalue weighted by molar-refractivity contribution is -0.122. The predicted molar refractivity (Wildman–Crippen MR) is 63.8 cm³/mol. The Morgan fingerprint density at radius 1 is 1.50 bits per heavy atom. The summed E-state index contributed by atoms with van der Waals surface area (Å²) in [4.78, 5) is 11.6. The molecule has 86 valence electrons. The Balaban J connectivity index is 2.06. The van der Waals surface area contributed by atoms with Crippen LogP contribution in [0.4, 0.5) is 0 Å². The number of Topliss-reactive ketones (excluding diaryl/α,β-unsaturated/α-hetero) is 1. The molecule has 1 aliphatic heterocycles. The highest BCUT2D eigenvalue weighted by molar-refractivity contribution is 5.80. The van der Waals surface area contributed by atoms with Gasteiger partial charge in [-0.25, -0.2) is 0 Å². The van der Waals surface area contributed by atoms with E-state index in [1.165, 1.54) is 5.56 Å². The number of hydrogen-bond acceptors (Lipinski definition) is 2. The number of ether oxygens (including phenoxy) is 1. The summed E-state index contributed by atoms with van der Waals surface area (Å²) in [6.07, 6.45) is 1.54. The molecule has 2 atom stereocenters. The summed E-state index contributed by atoms with van der Waals surface area (Å²) in [5.41, 5.74) is 1.26. The maximum absolute atomic E-state index is 11.6. The third kappa shape index (κ3) is 2.11. The van der Waals surface area contributed by atoms with E-state index in [4.69, 9.17) is 4.74 Å². The number of fused-ring (bicyclic) bond motifs is 1. The molecule has 0 bridgehead atoms. The molecule has 2 nitrogen and oxygen atoms in total. The van der Waals surface area contributed by atoms with Gasteiger partial charge in [0.1, 0.15) is 11.5 Å². The van der Waals surface area contributed by atoms with Gasteiger partial charge in [-0.2, -0.15) is 0 Å². The fourth-order valence-electron chi connectivity index (χ4n) is 2.33. The maximum atomic E-state index is 11.6. The van der Waals surface area contributed by atoms with Crippen LogP contribution < -0.4 is 4.74 Å². The largest absolute Gasteiger partial charge is 0.493 e. The Morgan fingerprint density at radius 2 is 2.25 bits per heavy atom. The first-order chi connectivity index (χ1) is 7.72. The lowest BCUT2D eigenvalue weighted by atomic mass is 9.88. The summed E-state index contributed by atoms with van der Waals surface area (Å²) >= 11 is 0.